The standard InChI is InChI=1S/C28H42N5O7PS/c1-17(2)24(30-22(34)13-7-6-12-21-25-19(16-42-21)29-28(37)32-25)27(36)33-14-8-11-20(33)26(35)31-23(41(38,39)40)15-18-9-4-3-5-10-18/h3-5,9-10,17,19-21,23-25H,6-8,11-16H2,1-2H3,(H,30,34)(H,31,35)(H2,29,32,37)(H2,38,39,40). The molecule has 0 aromatic heterocycles. The number of amides is 5. The lowest BCUT2D eigenvalue weighted by Gasteiger charge is -2.31. The topological polar surface area (TPSA) is 177 Å². The summed E-state index contributed by atoms with van der Waals surface area (Å²) in [5.74, 6) is -1.98. The minimum atomic E-state index is -4.68. The molecule has 3 aliphatic rings. The molecule has 3 fully saturated rings. The molecule has 4 rings (SSSR count). The van der Waals surface area contributed by atoms with Gasteiger partial charge in [-0.15, -0.1) is 0 Å². The van der Waals surface area contributed by atoms with Gasteiger partial charge in [0.25, 0.3) is 0 Å². The maximum atomic E-state index is 13.6. The first-order valence-corrected chi connectivity index (χ1v) is 17.3. The van der Waals surface area contributed by atoms with Gasteiger partial charge in [0.1, 0.15) is 17.9 Å². The molecule has 6 unspecified atom stereocenters. The number of hydrogen-bond acceptors (Lipinski definition) is 6. The number of rotatable bonds is 13. The number of thioether (sulfide) groups is 1. The first-order chi connectivity index (χ1) is 19.9. The van der Waals surface area contributed by atoms with E-state index in [1.54, 1.807) is 30.3 Å². The number of urea groups is 1. The van der Waals surface area contributed by atoms with Crippen LogP contribution < -0.4 is 21.3 Å². The van der Waals surface area contributed by atoms with Gasteiger partial charge >= 0.3 is 13.6 Å². The van der Waals surface area contributed by atoms with Crippen molar-refractivity contribution in [2.75, 3.05) is 12.3 Å². The molecule has 232 valence electrons. The first-order valence-electron chi connectivity index (χ1n) is 14.6. The Labute approximate surface area is 250 Å². The largest absolute Gasteiger partial charge is 0.347 e. The van der Waals surface area contributed by atoms with E-state index in [-0.39, 0.29) is 48.7 Å². The molecule has 0 radical (unpaired) electrons. The number of unbranched alkanes of at least 4 members (excludes halogenated alkanes) is 1. The quantitative estimate of drug-likeness (QED) is 0.109. The van der Waals surface area contributed by atoms with Crippen molar-refractivity contribution in [2.45, 2.75) is 94.0 Å². The second kappa shape index (κ2) is 14.2. The molecule has 3 saturated heterocycles. The van der Waals surface area contributed by atoms with Crippen LogP contribution in [0.15, 0.2) is 30.3 Å². The summed E-state index contributed by atoms with van der Waals surface area (Å²) in [6.07, 6.45) is 3.51. The molecule has 0 saturated carbocycles. The van der Waals surface area contributed by atoms with Crippen molar-refractivity contribution < 1.29 is 33.5 Å². The van der Waals surface area contributed by atoms with E-state index < -0.39 is 31.4 Å². The van der Waals surface area contributed by atoms with E-state index in [1.165, 1.54) is 4.90 Å². The molecule has 12 nitrogen and oxygen atoms in total. The van der Waals surface area contributed by atoms with Gasteiger partial charge in [-0.05, 0) is 37.2 Å². The molecule has 1 aromatic rings. The van der Waals surface area contributed by atoms with Crippen LogP contribution >= 0.6 is 19.4 Å². The zero-order chi connectivity index (χ0) is 30.4. The molecular weight excluding hydrogens is 581 g/mol. The lowest BCUT2D eigenvalue weighted by Crippen LogP contribution is -2.56. The fourth-order valence-electron chi connectivity index (χ4n) is 5.87. The second-order valence-corrected chi connectivity index (χ2v) is 14.7. The van der Waals surface area contributed by atoms with Gasteiger partial charge in [-0.2, -0.15) is 11.8 Å². The summed E-state index contributed by atoms with van der Waals surface area (Å²) < 4.78 is 12.2. The SMILES string of the molecule is CC(C)C(NC(=O)CCCCC1SCC2NC(=O)NC21)C(=O)N1CCCC1C(=O)NC(Cc1ccccc1)P(=O)(O)O. The summed E-state index contributed by atoms with van der Waals surface area (Å²) >= 11 is 1.83. The maximum Gasteiger partial charge on any atom is 0.347 e. The number of carbonyl (C=O) groups excluding carboxylic acids is 4. The van der Waals surface area contributed by atoms with Crippen molar-refractivity contribution in [2.24, 2.45) is 5.92 Å². The monoisotopic (exact) mass is 623 g/mol. The Bertz CT molecular complexity index is 1180. The predicted octanol–water partition coefficient (Wildman–Crippen LogP) is 1.71. The van der Waals surface area contributed by atoms with Crippen LogP contribution in [0.4, 0.5) is 4.79 Å². The fourth-order valence-corrected chi connectivity index (χ4v) is 8.15. The number of nitrogens with zero attached hydrogens (tertiary/aromatic N) is 1. The molecule has 0 spiro atoms. The average molecular weight is 624 g/mol. The molecule has 5 amide bonds. The Hall–Kier alpha value is -2.60. The number of hydrogen-bond donors (Lipinski definition) is 6. The molecule has 6 N–H and O–H groups in total. The Morgan fingerprint density at radius 3 is 2.55 bits per heavy atom. The summed E-state index contributed by atoms with van der Waals surface area (Å²) in [6, 6.07) is 7.23. The summed E-state index contributed by atoms with van der Waals surface area (Å²) in [5, 5.41) is 11.6. The van der Waals surface area contributed by atoms with E-state index in [4.69, 9.17) is 0 Å². The fraction of sp³-hybridized carbons (Fsp3) is 0.643. The van der Waals surface area contributed by atoms with Crippen LogP contribution in [0.1, 0.15) is 57.9 Å². The van der Waals surface area contributed by atoms with Crippen LogP contribution in [0.3, 0.4) is 0 Å². The summed E-state index contributed by atoms with van der Waals surface area (Å²) in [7, 11) is -4.68. The van der Waals surface area contributed by atoms with Gasteiger partial charge < -0.3 is 36.0 Å². The van der Waals surface area contributed by atoms with E-state index in [2.05, 4.69) is 21.3 Å². The van der Waals surface area contributed by atoms with Crippen molar-refractivity contribution in [3.05, 3.63) is 35.9 Å². The third-order valence-electron chi connectivity index (χ3n) is 8.16. The molecule has 3 heterocycles. The summed E-state index contributed by atoms with van der Waals surface area (Å²) in [6.45, 7) is 3.98. The highest BCUT2D eigenvalue weighted by molar-refractivity contribution is 8.00. The van der Waals surface area contributed by atoms with Gasteiger partial charge in [-0.25, -0.2) is 4.79 Å². The van der Waals surface area contributed by atoms with Crippen LogP contribution in [0.25, 0.3) is 0 Å². The Morgan fingerprint density at radius 1 is 1.12 bits per heavy atom. The highest BCUT2D eigenvalue weighted by Crippen LogP contribution is 2.41. The van der Waals surface area contributed by atoms with E-state index in [0.717, 1.165) is 18.6 Å². The van der Waals surface area contributed by atoms with Crippen molar-refractivity contribution in [1.82, 2.24) is 26.2 Å². The Kier molecular flexibility index (Phi) is 11.0. The zero-order valence-electron chi connectivity index (χ0n) is 24.0. The van der Waals surface area contributed by atoms with Crippen LogP contribution in [0, 0.1) is 5.92 Å². The zero-order valence-corrected chi connectivity index (χ0v) is 25.7. The second-order valence-electron chi connectivity index (χ2n) is 11.6. The Morgan fingerprint density at radius 2 is 1.86 bits per heavy atom. The van der Waals surface area contributed by atoms with E-state index in [0.29, 0.717) is 36.6 Å². The minimum Gasteiger partial charge on any atom is -0.344 e. The molecule has 3 aliphatic heterocycles. The Balaban J connectivity index is 1.29. The number of carbonyl (C=O) groups is 4. The van der Waals surface area contributed by atoms with Gasteiger partial charge in [0, 0.05) is 30.4 Å². The molecule has 14 heteroatoms. The lowest BCUT2D eigenvalue weighted by molar-refractivity contribution is -0.142. The number of benzene rings is 1. The third kappa shape index (κ3) is 8.27. The molecule has 0 aliphatic carbocycles. The summed E-state index contributed by atoms with van der Waals surface area (Å²) in [4.78, 5) is 72.5. The average Bonchev–Trinajstić information content (AvgIpc) is 3.65. The summed E-state index contributed by atoms with van der Waals surface area (Å²) in [5.41, 5.74) is 0.668. The van der Waals surface area contributed by atoms with E-state index in [9.17, 15) is 33.5 Å². The third-order valence-corrected chi connectivity index (χ3v) is 10.8. The predicted molar refractivity (Wildman–Crippen MR) is 160 cm³/mol. The van der Waals surface area contributed by atoms with Crippen LogP contribution in [0.2, 0.25) is 0 Å². The van der Waals surface area contributed by atoms with Crippen LogP contribution in [-0.4, -0.2) is 85.9 Å². The molecule has 1 aromatic carbocycles. The van der Waals surface area contributed by atoms with E-state index >= 15 is 0 Å². The van der Waals surface area contributed by atoms with Gasteiger partial charge in [0.2, 0.25) is 17.7 Å². The molecule has 6 atom stereocenters. The smallest absolute Gasteiger partial charge is 0.344 e. The maximum absolute atomic E-state index is 13.6. The molecule has 42 heavy (non-hydrogen) atoms. The molecular formula is C28H42N5O7PS. The normalized spacial score (nSPS) is 25.0. The van der Waals surface area contributed by atoms with Crippen molar-refractivity contribution >= 4 is 43.1 Å². The van der Waals surface area contributed by atoms with Gasteiger partial charge in [-0.1, -0.05) is 50.6 Å². The highest BCUT2D eigenvalue weighted by Gasteiger charge is 2.43. The van der Waals surface area contributed by atoms with Crippen molar-refractivity contribution in [3.8, 4) is 0 Å². The number of nitrogens with one attached hydrogen (secondary N) is 4. The lowest BCUT2D eigenvalue weighted by atomic mass is 10.0. The number of fused-ring (bicyclic) bond motifs is 1. The van der Waals surface area contributed by atoms with Crippen molar-refractivity contribution in [3.63, 3.8) is 0 Å². The van der Waals surface area contributed by atoms with Crippen LogP contribution in [0.5, 0.6) is 0 Å². The molecule has 0 bridgehead atoms. The number of likely N-dealkylation sites (tertiary alicyclic amines) is 1. The van der Waals surface area contributed by atoms with E-state index in [1.807, 2.05) is 25.6 Å². The minimum absolute atomic E-state index is 0.0472. The van der Waals surface area contributed by atoms with Gasteiger partial charge in [0.15, 0.2) is 0 Å². The van der Waals surface area contributed by atoms with Crippen molar-refractivity contribution in [1.29, 1.82) is 0 Å². The van der Waals surface area contributed by atoms with Gasteiger partial charge in [-0.3, -0.25) is 18.9 Å². The van der Waals surface area contributed by atoms with Gasteiger partial charge in [0.05, 0.1) is 12.1 Å². The highest BCUT2D eigenvalue weighted by atomic mass is 32.2. The van der Waals surface area contributed by atoms with Crippen LogP contribution in [-0.2, 0) is 25.4 Å². The first kappa shape index (κ1) is 32.3.